The quantitative estimate of drug-likeness (QED) is 0.863. The van der Waals surface area contributed by atoms with Gasteiger partial charge in [-0.1, -0.05) is 13.8 Å². The van der Waals surface area contributed by atoms with Crippen LogP contribution >= 0.6 is 0 Å². The average Bonchev–Trinajstić information content (AvgIpc) is 2.42. The molecule has 1 aliphatic carbocycles. The van der Waals surface area contributed by atoms with Crippen LogP contribution in [-0.4, -0.2) is 11.9 Å². The molecular formula is C17H25FN2O. The second-order valence-electron chi connectivity index (χ2n) is 6.38. The highest BCUT2D eigenvalue weighted by molar-refractivity contribution is 5.89. The molecule has 0 aromatic heterocycles. The molecule has 4 heteroatoms. The van der Waals surface area contributed by atoms with Crippen LogP contribution in [0.2, 0.25) is 0 Å². The number of carbonyl (C=O) groups excluding carboxylic acids is 1. The average molecular weight is 292 g/mol. The summed E-state index contributed by atoms with van der Waals surface area (Å²) in [5.74, 6) is 1.10. The molecule has 1 aromatic carbocycles. The minimum atomic E-state index is -0.268. The predicted molar refractivity (Wildman–Crippen MR) is 84.9 cm³/mol. The van der Waals surface area contributed by atoms with Gasteiger partial charge in [0.15, 0.2) is 0 Å². The van der Waals surface area contributed by atoms with Crippen molar-refractivity contribution in [1.29, 1.82) is 0 Å². The van der Waals surface area contributed by atoms with Crippen molar-refractivity contribution in [2.45, 2.75) is 52.5 Å². The monoisotopic (exact) mass is 292 g/mol. The molecular weight excluding hydrogens is 267 g/mol. The summed E-state index contributed by atoms with van der Waals surface area (Å²) in [5, 5.41) is 5.98. The summed E-state index contributed by atoms with van der Waals surface area (Å²) >= 11 is 0. The van der Waals surface area contributed by atoms with Gasteiger partial charge in [-0.25, -0.2) is 4.39 Å². The number of nitrogens with one attached hydrogen (secondary N) is 2. The van der Waals surface area contributed by atoms with Crippen LogP contribution in [0.1, 0.15) is 46.5 Å². The minimum Gasteiger partial charge on any atom is -0.380 e. The molecule has 0 saturated heterocycles. The van der Waals surface area contributed by atoms with Crippen molar-refractivity contribution >= 4 is 17.3 Å². The van der Waals surface area contributed by atoms with E-state index in [0.717, 1.165) is 24.7 Å². The summed E-state index contributed by atoms with van der Waals surface area (Å²) in [5.41, 5.74) is 1.11. The van der Waals surface area contributed by atoms with Crippen molar-refractivity contribution in [3.63, 3.8) is 0 Å². The zero-order valence-corrected chi connectivity index (χ0v) is 13.1. The normalized spacial score (nSPS) is 22.1. The van der Waals surface area contributed by atoms with E-state index in [2.05, 4.69) is 24.5 Å². The van der Waals surface area contributed by atoms with Crippen molar-refractivity contribution in [3.05, 3.63) is 24.0 Å². The summed E-state index contributed by atoms with van der Waals surface area (Å²) in [6.07, 6.45) is 4.55. The minimum absolute atomic E-state index is 0.148. The molecule has 1 aromatic rings. The van der Waals surface area contributed by atoms with E-state index in [1.165, 1.54) is 25.8 Å². The van der Waals surface area contributed by atoms with E-state index in [1.54, 1.807) is 12.1 Å². The van der Waals surface area contributed by atoms with Crippen molar-refractivity contribution in [2.24, 2.45) is 11.8 Å². The number of hydrogen-bond donors (Lipinski definition) is 2. The number of rotatable bonds is 4. The van der Waals surface area contributed by atoms with Gasteiger partial charge < -0.3 is 10.6 Å². The Morgan fingerprint density at radius 2 is 1.90 bits per heavy atom. The molecule has 0 atom stereocenters. The van der Waals surface area contributed by atoms with Gasteiger partial charge in [-0.15, -0.1) is 0 Å². The summed E-state index contributed by atoms with van der Waals surface area (Å²) < 4.78 is 13.9. The van der Waals surface area contributed by atoms with Gasteiger partial charge in [-0.3, -0.25) is 4.79 Å². The van der Waals surface area contributed by atoms with Crippen molar-refractivity contribution < 1.29 is 9.18 Å². The summed E-state index contributed by atoms with van der Waals surface area (Å²) in [4.78, 5) is 11.1. The number of amides is 1. The first kappa shape index (κ1) is 15.8. The molecule has 1 aliphatic rings. The van der Waals surface area contributed by atoms with E-state index < -0.39 is 0 Å². The Balaban J connectivity index is 1.98. The lowest BCUT2D eigenvalue weighted by Crippen LogP contribution is -2.28. The zero-order valence-electron chi connectivity index (χ0n) is 13.1. The van der Waals surface area contributed by atoms with Crippen LogP contribution in [0.25, 0.3) is 0 Å². The molecule has 2 rings (SSSR count). The predicted octanol–water partition coefficient (Wildman–Crippen LogP) is 4.41. The molecule has 3 nitrogen and oxygen atoms in total. The maximum Gasteiger partial charge on any atom is 0.221 e. The molecule has 1 fully saturated rings. The Morgan fingerprint density at radius 1 is 1.24 bits per heavy atom. The number of hydrogen-bond acceptors (Lipinski definition) is 2. The summed E-state index contributed by atoms with van der Waals surface area (Å²) in [7, 11) is 0. The molecule has 0 heterocycles. The van der Waals surface area contributed by atoms with E-state index >= 15 is 0 Å². The highest BCUT2D eigenvalue weighted by atomic mass is 19.1. The van der Waals surface area contributed by atoms with Gasteiger partial charge in [0.05, 0.1) is 5.69 Å². The van der Waals surface area contributed by atoms with E-state index in [0.29, 0.717) is 17.4 Å². The van der Waals surface area contributed by atoms with Gasteiger partial charge in [0.2, 0.25) is 5.91 Å². The third-order valence-electron chi connectivity index (χ3n) is 4.36. The molecule has 1 amide bonds. The molecule has 0 radical (unpaired) electrons. The number of benzene rings is 1. The van der Waals surface area contributed by atoms with Crippen LogP contribution in [0, 0.1) is 17.7 Å². The van der Waals surface area contributed by atoms with Gasteiger partial charge in [0.25, 0.3) is 0 Å². The molecule has 0 spiro atoms. The standard InChI is InChI=1S/C17H25FN2O/c1-11(2)13-4-6-14(7-5-13)20-17-10-15(19-12(3)21)8-9-16(17)18/h8-11,13-14,20H,4-7H2,1-3H3,(H,19,21). The lowest BCUT2D eigenvalue weighted by atomic mass is 9.79. The Hall–Kier alpha value is -1.58. The highest BCUT2D eigenvalue weighted by Crippen LogP contribution is 2.32. The Bertz CT molecular complexity index is 494. The lowest BCUT2D eigenvalue weighted by molar-refractivity contribution is -0.114. The van der Waals surface area contributed by atoms with Crippen LogP contribution < -0.4 is 10.6 Å². The molecule has 2 N–H and O–H groups in total. The highest BCUT2D eigenvalue weighted by Gasteiger charge is 2.23. The van der Waals surface area contributed by atoms with Gasteiger partial charge in [-0.05, 0) is 55.7 Å². The van der Waals surface area contributed by atoms with E-state index in [-0.39, 0.29) is 11.7 Å². The fourth-order valence-electron chi connectivity index (χ4n) is 3.07. The van der Waals surface area contributed by atoms with Gasteiger partial charge in [0.1, 0.15) is 5.82 Å². The zero-order chi connectivity index (χ0) is 15.4. The molecule has 21 heavy (non-hydrogen) atoms. The molecule has 116 valence electrons. The van der Waals surface area contributed by atoms with Gasteiger partial charge in [-0.2, -0.15) is 0 Å². The van der Waals surface area contributed by atoms with Gasteiger partial charge >= 0.3 is 0 Å². The van der Waals surface area contributed by atoms with Crippen LogP contribution in [-0.2, 0) is 4.79 Å². The van der Waals surface area contributed by atoms with Crippen LogP contribution in [0.4, 0.5) is 15.8 Å². The molecule has 1 saturated carbocycles. The van der Waals surface area contributed by atoms with E-state index in [1.807, 2.05) is 0 Å². The van der Waals surface area contributed by atoms with E-state index in [9.17, 15) is 9.18 Å². The van der Waals surface area contributed by atoms with Crippen LogP contribution in [0.15, 0.2) is 18.2 Å². The summed E-state index contributed by atoms with van der Waals surface area (Å²) in [6, 6.07) is 4.97. The largest absolute Gasteiger partial charge is 0.380 e. The molecule has 0 aliphatic heterocycles. The fourth-order valence-corrected chi connectivity index (χ4v) is 3.07. The topological polar surface area (TPSA) is 41.1 Å². The third-order valence-corrected chi connectivity index (χ3v) is 4.36. The first-order valence-corrected chi connectivity index (χ1v) is 7.79. The van der Waals surface area contributed by atoms with Crippen molar-refractivity contribution in [2.75, 3.05) is 10.6 Å². The van der Waals surface area contributed by atoms with Crippen molar-refractivity contribution in [3.8, 4) is 0 Å². The smallest absolute Gasteiger partial charge is 0.221 e. The molecule has 0 bridgehead atoms. The van der Waals surface area contributed by atoms with Crippen LogP contribution in [0.3, 0.4) is 0 Å². The van der Waals surface area contributed by atoms with Crippen LogP contribution in [0.5, 0.6) is 0 Å². The van der Waals surface area contributed by atoms with E-state index in [4.69, 9.17) is 0 Å². The fraction of sp³-hybridized carbons (Fsp3) is 0.588. The maximum atomic E-state index is 13.9. The number of carbonyl (C=O) groups is 1. The Kier molecular flexibility index (Phi) is 5.21. The second kappa shape index (κ2) is 6.92. The third kappa shape index (κ3) is 4.45. The van der Waals surface area contributed by atoms with Gasteiger partial charge in [0, 0.05) is 18.7 Å². The molecule has 0 unspecified atom stereocenters. The first-order chi connectivity index (χ1) is 9.95. The Morgan fingerprint density at radius 3 is 2.48 bits per heavy atom. The lowest BCUT2D eigenvalue weighted by Gasteiger charge is -2.32. The van der Waals surface area contributed by atoms with Crippen molar-refractivity contribution in [1.82, 2.24) is 0 Å². The number of halogens is 1. The number of anilines is 2. The SMILES string of the molecule is CC(=O)Nc1ccc(F)c(NC2CCC(C(C)C)CC2)c1. The maximum absolute atomic E-state index is 13.9. The first-order valence-electron chi connectivity index (χ1n) is 7.79. The Labute approximate surface area is 126 Å². The second-order valence-corrected chi connectivity index (χ2v) is 6.38. The summed E-state index contributed by atoms with van der Waals surface area (Å²) in [6.45, 7) is 5.99.